The molecule has 0 aromatic heterocycles. The molecule has 3 fully saturated rings. The van der Waals surface area contributed by atoms with E-state index in [-0.39, 0.29) is 46.9 Å². The summed E-state index contributed by atoms with van der Waals surface area (Å²) in [5, 5.41) is 10.4. The van der Waals surface area contributed by atoms with Gasteiger partial charge in [0.2, 0.25) is 11.8 Å². The van der Waals surface area contributed by atoms with Crippen molar-refractivity contribution in [2.24, 2.45) is 17.8 Å². The van der Waals surface area contributed by atoms with Crippen LogP contribution in [0.15, 0.2) is 43.5 Å². The normalized spacial score (nSPS) is 29.0. The Hall–Kier alpha value is -2.10. The van der Waals surface area contributed by atoms with Crippen LogP contribution in [0.4, 0.5) is 5.69 Å². The van der Waals surface area contributed by atoms with Crippen molar-refractivity contribution in [3.63, 3.8) is 0 Å². The largest absolute Gasteiger partial charge is 0.394 e. The first-order chi connectivity index (χ1) is 19.5. The molecule has 3 heterocycles. The second-order valence-corrected chi connectivity index (χ2v) is 14.7. The third-order valence-corrected chi connectivity index (χ3v) is 12.2. The first-order valence-electron chi connectivity index (χ1n) is 14.6. The SMILES string of the molecule is C=CCN(CCC)C(=O)[C@H]1[C@H]2C(=O)N([C@@H](CO)C(C)C)C(C(=O)N(CC=C)c3c(C)cccc3C)C23CC(Br)[C@@H]1S3. The standard InChI is InChI=1S/C32H44BrN3O4S/c1-8-14-34(15-9-2)29(38)24-25-30(39)36(23(18-37)19(4)5)28(32(25)17-22(33)27(24)41-32)31(40)35(16-10-3)26-20(6)12-11-13-21(26)7/h8,10-13,19,22-25,27-28,37H,1,3,9,14-18H2,2,4-7H3/t22?,23-,24-,25-,27-,28?,32?/m0/s1. The quantitative estimate of drug-likeness (QED) is 0.263. The fraction of sp³-hybridized carbons (Fsp3) is 0.594. The third kappa shape index (κ3) is 5.20. The van der Waals surface area contributed by atoms with Crippen molar-refractivity contribution in [2.75, 3.05) is 31.1 Å². The van der Waals surface area contributed by atoms with E-state index in [2.05, 4.69) is 29.1 Å². The Morgan fingerprint density at radius 2 is 1.83 bits per heavy atom. The number of benzene rings is 1. The van der Waals surface area contributed by atoms with E-state index in [1.807, 2.05) is 52.8 Å². The molecule has 0 saturated carbocycles. The van der Waals surface area contributed by atoms with Gasteiger partial charge in [-0.25, -0.2) is 0 Å². The smallest absolute Gasteiger partial charge is 0.251 e. The van der Waals surface area contributed by atoms with E-state index in [0.29, 0.717) is 19.5 Å². The highest BCUT2D eigenvalue weighted by molar-refractivity contribution is 9.09. The Kier molecular flexibility index (Phi) is 9.81. The number of halogens is 1. The lowest BCUT2D eigenvalue weighted by atomic mass is 9.70. The van der Waals surface area contributed by atoms with Gasteiger partial charge in [0.1, 0.15) is 6.04 Å². The van der Waals surface area contributed by atoms with Crippen molar-refractivity contribution in [3.05, 3.63) is 54.6 Å². The molecule has 3 amide bonds. The minimum absolute atomic E-state index is 0.0207. The number of alkyl halides is 1. The number of aliphatic hydroxyl groups is 1. The van der Waals surface area contributed by atoms with Crippen LogP contribution in [0.2, 0.25) is 0 Å². The van der Waals surface area contributed by atoms with Gasteiger partial charge in [-0.1, -0.05) is 67.1 Å². The topological polar surface area (TPSA) is 81.2 Å². The molecule has 9 heteroatoms. The van der Waals surface area contributed by atoms with E-state index in [1.54, 1.807) is 38.6 Å². The molecule has 1 aromatic carbocycles. The van der Waals surface area contributed by atoms with E-state index >= 15 is 0 Å². The molecule has 1 N–H and O–H groups in total. The summed E-state index contributed by atoms with van der Waals surface area (Å²) in [6, 6.07) is 4.55. The molecular weight excluding hydrogens is 602 g/mol. The minimum atomic E-state index is -0.828. The van der Waals surface area contributed by atoms with Gasteiger partial charge in [-0.3, -0.25) is 14.4 Å². The minimum Gasteiger partial charge on any atom is -0.394 e. The molecule has 0 aliphatic carbocycles. The Labute approximate surface area is 257 Å². The molecular formula is C32H44BrN3O4S. The molecule has 3 aliphatic heterocycles. The summed E-state index contributed by atoms with van der Waals surface area (Å²) < 4.78 is -0.794. The van der Waals surface area contributed by atoms with Crippen molar-refractivity contribution in [1.82, 2.24) is 9.80 Å². The predicted octanol–water partition coefficient (Wildman–Crippen LogP) is 4.73. The number of carbonyl (C=O) groups excluding carboxylic acids is 3. The van der Waals surface area contributed by atoms with Crippen LogP contribution < -0.4 is 4.90 Å². The van der Waals surface area contributed by atoms with Crippen LogP contribution in [0.3, 0.4) is 0 Å². The monoisotopic (exact) mass is 645 g/mol. The van der Waals surface area contributed by atoms with Gasteiger partial charge in [-0.15, -0.1) is 24.9 Å². The van der Waals surface area contributed by atoms with Gasteiger partial charge in [0.25, 0.3) is 5.91 Å². The molecule has 1 aromatic rings. The number of likely N-dealkylation sites (tertiary alicyclic amines) is 1. The Morgan fingerprint density at radius 3 is 2.37 bits per heavy atom. The zero-order valence-electron chi connectivity index (χ0n) is 24.9. The summed E-state index contributed by atoms with van der Waals surface area (Å²) in [4.78, 5) is 48.9. The zero-order chi connectivity index (χ0) is 30.2. The number of rotatable bonds is 12. The van der Waals surface area contributed by atoms with E-state index in [9.17, 15) is 19.5 Å². The number of fused-ring (bicyclic) bond motifs is 1. The van der Waals surface area contributed by atoms with E-state index < -0.39 is 28.7 Å². The number of carbonyl (C=O) groups is 3. The van der Waals surface area contributed by atoms with E-state index in [0.717, 1.165) is 23.2 Å². The summed E-state index contributed by atoms with van der Waals surface area (Å²) in [5.41, 5.74) is 2.74. The first-order valence-corrected chi connectivity index (χ1v) is 16.4. The van der Waals surface area contributed by atoms with Crippen LogP contribution in [0.5, 0.6) is 0 Å². The lowest BCUT2D eigenvalue weighted by Gasteiger charge is -2.41. The van der Waals surface area contributed by atoms with Crippen LogP contribution in [0.25, 0.3) is 0 Å². The van der Waals surface area contributed by atoms with Crippen LogP contribution in [-0.4, -0.2) is 85.8 Å². The van der Waals surface area contributed by atoms with Crippen molar-refractivity contribution >= 4 is 51.1 Å². The first kappa shape index (κ1) is 31.8. The van der Waals surface area contributed by atoms with Crippen LogP contribution >= 0.6 is 27.7 Å². The van der Waals surface area contributed by atoms with Gasteiger partial charge in [0.05, 0.1) is 29.2 Å². The average Bonchev–Trinajstić information content (AvgIpc) is 3.51. The lowest BCUT2D eigenvalue weighted by Crippen LogP contribution is -2.59. The molecule has 7 nitrogen and oxygen atoms in total. The molecule has 3 aliphatic rings. The second kappa shape index (κ2) is 12.6. The molecule has 4 rings (SSSR count). The summed E-state index contributed by atoms with van der Waals surface area (Å²) >= 11 is 5.50. The van der Waals surface area contributed by atoms with E-state index in [4.69, 9.17) is 0 Å². The van der Waals surface area contributed by atoms with Gasteiger partial charge >= 0.3 is 0 Å². The number of nitrogens with zero attached hydrogens (tertiary/aromatic N) is 3. The molecule has 41 heavy (non-hydrogen) atoms. The molecule has 0 radical (unpaired) electrons. The zero-order valence-corrected chi connectivity index (χ0v) is 27.3. The van der Waals surface area contributed by atoms with Crippen molar-refractivity contribution in [3.8, 4) is 0 Å². The highest BCUT2D eigenvalue weighted by Crippen LogP contribution is 2.68. The molecule has 7 atom stereocenters. The highest BCUT2D eigenvalue weighted by Gasteiger charge is 2.76. The number of hydrogen-bond acceptors (Lipinski definition) is 5. The summed E-state index contributed by atoms with van der Waals surface area (Å²) in [7, 11) is 0. The van der Waals surface area contributed by atoms with Gasteiger partial charge in [0, 0.05) is 35.4 Å². The number of anilines is 1. The molecule has 224 valence electrons. The van der Waals surface area contributed by atoms with Crippen LogP contribution in [-0.2, 0) is 14.4 Å². The van der Waals surface area contributed by atoms with Crippen molar-refractivity contribution in [1.29, 1.82) is 0 Å². The number of aryl methyl sites for hydroxylation is 2. The number of hydrogen-bond donors (Lipinski definition) is 1. The summed E-state index contributed by atoms with van der Waals surface area (Å²) in [5.74, 6) is -1.72. The fourth-order valence-electron chi connectivity index (χ4n) is 7.33. The number of para-hydroxylation sites is 1. The summed E-state index contributed by atoms with van der Waals surface area (Å²) in [6.07, 6.45) is 4.83. The molecule has 2 bridgehead atoms. The highest BCUT2D eigenvalue weighted by atomic mass is 79.9. The van der Waals surface area contributed by atoms with Crippen molar-refractivity contribution < 1.29 is 19.5 Å². The molecule has 1 spiro atoms. The molecule has 3 unspecified atom stereocenters. The van der Waals surface area contributed by atoms with Gasteiger partial charge < -0.3 is 19.8 Å². The van der Waals surface area contributed by atoms with Crippen molar-refractivity contribution in [2.45, 2.75) is 74.4 Å². The predicted molar refractivity (Wildman–Crippen MR) is 170 cm³/mol. The number of aliphatic hydroxyl groups excluding tert-OH is 1. The Morgan fingerprint density at radius 1 is 1.20 bits per heavy atom. The molecule has 3 saturated heterocycles. The Balaban J connectivity index is 1.89. The van der Waals surface area contributed by atoms with E-state index in [1.165, 1.54) is 0 Å². The Bertz CT molecular complexity index is 1190. The maximum absolute atomic E-state index is 15.0. The number of amides is 3. The summed E-state index contributed by atoms with van der Waals surface area (Å²) in [6.45, 7) is 18.7. The number of thioether (sulfide) groups is 1. The average molecular weight is 647 g/mol. The third-order valence-electron chi connectivity index (χ3n) is 9.00. The van der Waals surface area contributed by atoms with Gasteiger partial charge in [0.15, 0.2) is 0 Å². The maximum Gasteiger partial charge on any atom is 0.251 e. The van der Waals surface area contributed by atoms with Crippen LogP contribution in [0, 0.1) is 31.6 Å². The van der Waals surface area contributed by atoms with Crippen LogP contribution in [0.1, 0.15) is 44.7 Å². The lowest BCUT2D eigenvalue weighted by molar-refractivity contribution is -0.146. The fourth-order valence-corrected chi connectivity index (χ4v) is 10.9. The second-order valence-electron chi connectivity index (χ2n) is 12.0. The van der Waals surface area contributed by atoms with Gasteiger partial charge in [-0.05, 0) is 43.7 Å². The van der Waals surface area contributed by atoms with Gasteiger partial charge in [-0.2, -0.15) is 0 Å². The maximum atomic E-state index is 15.0.